The van der Waals surface area contributed by atoms with Gasteiger partial charge >= 0.3 is 6.18 Å². The molecule has 1 N–H and O–H groups in total. The van der Waals surface area contributed by atoms with Gasteiger partial charge in [0.15, 0.2) is 5.78 Å². The number of halogens is 3. The topological polar surface area (TPSA) is 42.0 Å². The summed E-state index contributed by atoms with van der Waals surface area (Å²) in [5.74, 6) is -0.527. The number of hydrogen-bond donors (Lipinski definition) is 1. The van der Waals surface area contributed by atoms with Crippen molar-refractivity contribution in [2.75, 3.05) is 13.6 Å². The molecule has 0 amide bonds. The lowest BCUT2D eigenvalue weighted by molar-refractivity contribution is -0.138. The third kappa shape index (κ3) is 3.81. The average molecular weight is 246 g/mol. The third-order valence-corrected chi connectivity index (χ3v) is 2.26. The Labute approximate surface area is 97.0 Å². The summed E-state index contributed by atoms with van der Waals surface area (Å²) in [5, 5.41) is 2.83. The first-order chi connectivity index (χ1) is 7.96. The molecule has 0 aliphatic rings. The first kappa shape index (κ1) is 13.6. The number of carbonyl (C=O) groups excluding carboxylic acids is 1. The summed E-state index contributed by atoms with van der Waals surface area (Å²) in [7, 11) is 1.72. The molecule has 0 aromatic carbocycles. The second-order valence-electron chi connectivity index (χ2n) is 3.55. The Kier molecular flexibility index (Phi) is 4.62. The molecule has 1 rings (SSSR count). The van der Waals surface area contributed by atoms with Gasteiger partial charge < -0.3 is 5.32 Å². The van der Waals surface area contributed by atoms with Crippen molar-refractivity contribution in [2.45, 2.75) is 19.0 Å². The summed E-state index contributed by atoms with van der Waals surface area (Å²) in [6.07, 6.45) is -1.92. The predicted molar refractivity (Wildman–Crippen MR) is 56.7 cm³/mol. The number of nitrogens with one attached hydrogen (secondary N) is 1. The van der Waals surface area contributed by atoms with E-state index >= 15 is 0 Å². The van der Waals surface area contributed by atoms with Crippen LogP contribution in [0.5, 0.6) is 0 Å². The van der Waals surface area contributed by atoms with Gasteiger partial charge in [-0.15, -0.1) is 0 Å². The zero-order valence-corrected chi connectivity index (χ0v) is 9.34. The highest BCUT2D eigenvalue weighted by molar-refractivity contribution is 5.97. The van der Waals surface area contributed by atoms with Crippen molar-refractivity contribution in [3.8, 4) is 0 Å². The Morgan fingerprint density at radius 2 is 2.18 bits per heavy atom. The molecule has 6 heteroatoms. The van der Waals surface area contributed by atoms with Crippen LogP contribution in [0.1, 0.15) is 28.8 Å². The van der Waals surface area contributed by atoms with E-state index < -0.39 is 17.5 Å². The van der Waals surface area contributed by atoms with Gasteiger partial charge in [0, 0.05) is 24.4 Å². The predicted octanol–water partition coefficient (Wildman–Crippen LogP) is 2.28. The highest BCUT2D eigenvalue weighted by Crippen LogP contribution is 2.31. The van der Waals surface area contributed by atoms with Crippen LogP contribution in [0.15, 0.2) is 18.5 Å². The van der Waals surface area contributed by atoms with Crippen LogP contribution in [-0.2, 0) is 6.18 Å². The van der Waals surface area contributed by atoms with E-state index in [-0.39, 0.29) is 12.0 Å². The van der Waals surface area contributed by atoms with E-state index in [1.165, 1.54) is 0 Å². The Bertz CT molecular complexity index is 391. The maximum absolute atomic E-state index is 12.6. The highest BCUT2D eigenvalue weighted by atomic mass is 19.4. The summed E-state index contributed by atoms with van der Waals surface area (Å²) in [6.45, 7) is 0.591. The molecule has 0 bridgehead atoms. The smallest absolute Gasteiger partial charge is 0.320 e. The molecule has 17 heavy (non-hydrogen) atoms. The van der Waals surface area contributed by atoms with Gasteiger partial charge in [-0.3, -0.25) is 9.78 Å². The molecule has 0 saturated carbocycles. The third-order valence-electron chi connectivity index (χ3n) is 2.26. The van der Waals surface area contributed by atoms with Crippen LogP contribution in [0.4, 0.5) is 13.2 Å². The van der Waals surface area contributed by atoms with E-state index in [9.17, 15) is 18.0 Å². The maximum Gasteiger partial charge on any atom is 0.417 e. The van der Waals surface area contributed by atoms with Crippen LogP contribution in [0.25, 0.3) is 0 Å². The van der Waals surface area contributed by atoms with Crippen LogP contribution in [0.3, 0.4) is 0 Å². The van der Waals surface area contributed by atoms with E-state index in [0.29, 0.717) is 13.0 Å². The van der Waals surface area contributed by atoms with Crippen LogP contribution < -0.4 is 5.32 Å². The van der Waals surface area contributed by atoms with Crippen molar-refractivity contribution < 1.29 is 18.0 Å². The molecule has 94 valence electrons. The lowest BCUT2D eigenvalue weighted by Gasteiger charge is -2.10. The number of rotatable bonds is 5. The fourth-order valence-electron chi connectivity index (χ4n) is 1.42. The Balaban J connectivity index is 2.86. The summed E-state index contributed by atoms with van der Waals surface area (Å²) in [4.78, 5) is 15.2. The average Bonchev–Trinajstić information content (AvgIpc) is 2.28. The number of hydrogen-bond acceptors (Lipinski definition) is 3. The Morgan fingerprint density at radius 1 is 1.47 bits per heavy atom. The van der Waals surface area contributed by atoms with E-state index in [1.54, 1.807) is 7.05 Å². The van der Waals surface area contributed by atoms with E-state index in [4.69, 9.17) is 0 Å². The molecule has 0 spiro atoms. The van der Waals surface area contributed by atoms with E-state index in [0.717, 1.165) is 18.5 Å². The lowest BCUT2D eigenvalue weighted by atomic mass is 10.0. The van der Waals surface area contributed by atoms with Crippen LogP contribution in [0, 0.1) is 0 Å². The number of alkyl halides is 3. The van der Waals surface area contributed by atoms with Crippen molar-refractivity contribution in [2.24, 2.45) is 0 Å². The molecule has 0 aliphatic carbocycles. The van der Waals surface area contributed by atoms with Crippen molar-refractivity contribution in [1.82, 2.24) is 10.3 Å². The fourth-order valence-corrected chi connectivity index (χ4v) is 1.42. The Hall–Kier alpha value is -1.43. The second kappa shape index (κ2) is 5.77. The standard InChI is InChI=1S/C11H13F3N2O/c1-15-5-2-3-10(17)8-7-16-6-4-9(8)11(12,13)14/h4,6-7,15H,2-3,5H2,1H3. The van der Waals surface area contributed by atoms with Crippen molar-refractivity contribution in [1.29, 1.82) is 0 Å². The summed E-state index contributed by atoms with van der Waals surface area (Å²) < 4.78 is 37.8. The van der Waals surface area contributed by atoms with Crippen molar-refractivity contribution >= 4 is 5.78 Å². The molecule has 0 saturated heterocycles. The molecule has 1 aromatic rings. The minimum atomic E-state index is -4.52. The first-order valence-corrected chi connectivity index (χ1v) is 5.16. The van der Waals surface area contributed by atoms with Gasteiger partial charge in [-0.2, -0.15) is 13.2 Å². The molecule has 0 radical (unpaired) electrons. The molecule has 1 heterocycles. The van der Waals surface area contributed by atoms with E-state index in [1.807, 2.05) is 0 Å². The number of ketones is 1. The molecule has 3 nitrogen and oxygen atoms in total. The number of pyridine rings is 1. The lowest BCUT2D eigenvalue weighted by Crippen LogP contribution is -2.15. The molecule has 1 aromatic heterocycles. The van der Waals surface area contributed by atoms with Crippen molar-refractivity contribution in [3.05, 3.63) is 29.6 Å². The summed E-state index contributed by atoms with van der Waals surface area (Å²) in [6, 6.07) is 0.825. The van der Waals surface area contributed by atoms with Gasteiger partial charge in [-0.05, 0) is 26.1 Å². The number of aromatic nitrogens is 1. The van der Waals surface area contributed by atoms with Gasteiger partial charge in [-0.1, -0.05) is 0 Å². The minimum Gasteiger partial charge on any atom is -0.320 e. The zero-order valence-electron chi connectivity index (χ0n) is 9.34. The minimum absolute atomic E-state index is 0.0790. The molecule has 0 atom stereocenters. The number of nitrogens with zero attached hydrogens (tertiary/aromatic N) is 1. The second-order valence-corrected chi connectivity index (χ2v) is 3.55. The largest absolute Gasteiger partial charge is 0.417 e. The Morgan fingerprint density at radius 3 is 2.76 bits per heavy atom. The zero-order chi connectivity index (χ0) is 12.9. The SMILES string of the molecule is CNCCCC(=O)c1cnccc1C(F)(F)F. The van der Waals surface area contributed by atoms with Crippen molar-refractivity contribution in [3.63, 3.8) is 0 Å². The molecule has 0 aliphatic heterocycles. The summed E-state index contributed by atoms with van der Waals surface area (Å²) in [5.41, 5.74) is -1.27. The van der Waals surface area contributed by atoms with Crippen LogP contribution in [0.2, 0.25) is 0 Å². The molecule has 0 fully saturated rings. The first-order valence-electron chi connectivity index (χ1n) is 5.16. The number of Topliss-reactive ketones (excluding diaryl/α,β-unsaturated/α-hetero) is 1. The van der Waals surface area contributed by atoms with Gasteiger partial charge in [0.1, 0.15) is 0 Å². The van der Waals surface area contributed by atoms with Crippen LogP contribution in [-0.4, -0.2) is 24.4 Å². The molecular weight excluding hydrogens is 233 g/mol. The quantitative estimate of drug-likeness (QED) is 0.640. The molecule has 0 unspecified atom stereocenters. The number of carbonyl (C=O) groups is 1. The highest BCUT2D eigenvalue weighted by Gasteiger charge is 2.34. The molecular formula is C11H13F3N2O. The maximum atomic E-state index is 12.6. The monoisotopic (exact) mass is 246 g/mol. The van der Waals surface area contributed by atoms with Gasteiger partial charge in [0.2, 0.25) is 0 Å². The van der Waals surface area contributed by atoms with E-state index in [2.05, 4.69) is 10.3 Å². The van der Waals surface area contributed by atoms with Crippen LogP contribution >= 0.6 is 0 Å². The van der Waals surface area contributed by atoms with Gasteiger partial charge in [0.05, 0.1) is 5.56 Å². The fraction of sp³-hybridized carbons (Fsp3) is 0.455. The normalized spacial score (nSPS) is 11.5. The van der Waals surface area contributed by atoms with Gasteiger partial charge in [-0.25, -0.2) is 0 Å². The summed E-state index contributed by atoms with van der Waals surface area (Å²) >= 11 is 0. The van der Waals surface area contributed by atoms with Gasteiger partial charge in [0.25, 0.3) is 0 Å².